The van der Waals surface area contributed by atoms with Crippen LogP contribution >= 0.6 is 0 Å². The molecule has 0 saturated carbocycles. The standard InChI is InChI=1S/C14H27O.K/c1-2-3-4-5-6-7-8-9-10-11-12-13-14-15;/h2-13H2,1H3;. The van der Waals surface area contributed by atoms with Gasteiger partial charge in [-0.2, -0.15) is 0 Å². The first-order valence-electron chi connectivity index (χ1n) is 7.26. The molecule has 2 heteroatoms. The van der Waals surface area contributed by atoms with Gasteiger partial charge in [0.2, 0.25) is 0 Å². The van der Waals surface area contributed by atoms with E-state index in [0.717, 1.165) is 12.8 Å². The van der Waals surface area contributed by atoms with E-state index in [0.29, 0.717) is 48.8 Å². The molecule has 0 heterocycles. The molecule has 0 spiro atoms. The molecular formula is C14H27KO. The fraction of sp³-hybridized carbons (Fsp3) is 0.929. The summed E-state index contributed by atoms with van der Waals surface area (Å²) in [6.45, 7) is 2.27. The first-order valence-corrected chi connectivity index (χ1v) is 8.83. The molecule has 16 heavy (non-hydrogen) atoms. The van der Waals surface area contributed by atoms with E-state index in [1.165, 1.54) is 64.2 Å². The van der Waals surface area contributed by atoms with Crippen molar-refractivity contribution in [3.8, 4) is 0 Å². The summed E-state index contributed by atoms with van der Waals surface area (Å²) in [6, 6.07) is 0. The Labute approximate surface area is 136 Å². The maximum atomic E-state index is 10.8. The summed E-state index contributed by atoms with van der Waals surface area (Å²) < 4.78 is 0.531. The molecule has 0 aromatic rings. The Kier molecular flexibility index (Phi) is 15.5. The van der Waals surface area contributed by atoms with E-state index in [2.05, 4.69) is 6.92 Å². The number of hydrogen-bond acceptors (Lipinski definition) is 1. The molecule has 0 aliphatic carbocycles. The average molecular weight is 250 g/mol. The second-order valence-corrected chi connectivity index (χ2v) is 6.73. The number of carbonyl (C=O) groups excluding carboxylic acids is 1. The van der Waals surface area contributed by atoms with Crippen LogP contribution in [-0.4, -0.2) is 48.8 Å². The van der Waals surface area contributed by atoms with Crippen LogP contribution in [0.1, 0.15) is 84.0 Å². The summed E-state index contributed by atoms with van der Waals surface area (Å²) in [5.41, 5.74) is 0. The summed E-state index contributed by atoms with van der Waals surface area (Å²) in [5, 5.41) is 0. The van der Waals surface area contributed by atoms with Crippen molar-refractivity contribution in [2.24, 2.45) is 0 Å². The zero-order chi connectivity index (χ0) is 12.1. The van der Waals surface area contributed by atoms with Gasteiger partial charge in [0, 0.05) is 0 Å². The van der Waals surface area contributed by atoms with Crippen molar-refractivity contribution in [1.29, 1.82) is 0 Å². The van der Waals surface area contributed by atoms with Crippen LogP contribution < -0.4 is 0 Å². The predicted molar refractivity (Wildman–Crippen MR) is 71.8 cm³/mol. The van der Waals surface area contributed by atoms with Crippen molar-refractivity contribution in [2.45, 2.75) is 84.0 Å². The Hall–Kier alpha value is 1.31. The minimum atomic E-state index is 0.422. The number of carbonyl (C=O) groups is 1. The zero-order valence-corrected chi connectivity index (χ0v) is 14.5. The maximum absolute atomic E-state index is 10.8. The van der Waals surface area contributed by atoms with E-state index >= 15 is 0 Å². The molecule has 0 aliphatic heterocycles. The van der Waals surface area contributed by atoms with Gasteiger partial charge in [0.25, 0.3) is 0 Å². The molecule has 0 radical (unpaired) electrons. The van der Waals surface area contributed by atoms with Crippen LogP contribution in [0.3, 0.4) is 0 Å². The SMILES string of the molecule is CCCCCCCCCCCCC[C](=O)[K]. The Morgan fingerprint density at radius 1 is 0.750 bits per heavy atom. The topological polar surface area (TPSA) is 17.1 Å². The Morgan fingerprint density at radius 3 is 1.50 bits per heavy atom. The van der Waals surface area contributed by atoms with Crippen molar-refractivity contribution in [3.05, 3.63) is 0 Å². The van der Waals surface area contributed by atoms with E-state index in [1.54, 1.807) is 0 Å². The first kappa shape index (κ1) is 17.3. The van der Waals surface area contributed by atoms with Crippen LogP contribution in [0.25, 0.3) is 0 Å². The monoisotopic (exact) mass is 250 g/mol. The summed E-state index contributed by atoms with van der Waals surface area (Å²) in [4.78, 5) is 10.8. The summed E-state index contributed by atoms with van der Waals surface area (Å²) in [5.74, 6) is 0. The third-order valence-electron chi connectivity index (χ3n) is 3.13. The second kappa shape index (κ2) is 14.4. The Balaban J connectivity index is 2.90. The van der Waals surface area contributed by atoms with Crippen molar-refractivity contribution < 1.29 is 4.79 Å². The van der Waals surface area contributed by atoms with E-state index < -0.39 is 0 Å². The van der Waals surface area contributed by atoms with Gasteiger partial charge in [0.1, 0.15) is 0 Å². The van der Waals surface area contributed by atoms with Crippen molar-refractivity contribution in [3.63, 3.8) is 0 Å². The average Bonchev–Trinajstić information content (AvgIpc) is 2.25. The Morgan fingerprint density at radius 2 is 1.12 bits per heavy atom. The molecule has 0 rings (SSSR count). The van der Waals surface area contributed by atoms with Gasteiger partial charge in [-0.25, -0.2) is 0 Å². The van der Waals surface area contributed by atoms with Crippen LogP contribution in [-0.2, 0) is 4.79 Å². The van der Waals surface area contributed by atoms with E-state index in [9.17, 15) is 4.79 Å². The van der Waals surface area contributed by atoms with Crippen molar-refractivity contribution >= 4 is 48.8 Å². The molecule has 0 saturated heterocycles. The van der Waals surface area contributed by atoms with Gasteiger partial charge in [0.05, 0.1) is 0 Å². The minimum absolute atomic E-state index is 0.422. The molecule has 1 nitrogen and oxygen atoms in total. The summed E-state index contributed by atoms with van der Waals surface area (Å²) in [6.07, 6.45) is 15.9. The quantitative estimate of drug-likeness (QED) is 0.371. The summed E-state index contributed by atoms with van der Waals surface area (Å²) in [7, 11) is 0. The van der Waals surface area contributed by atoms with Gasteiger partial charge in [-0.05, 0) is 0 Å². The molecule has 0 amide bonds. The molecule has 0 bridgehead atoms. The van der Waals surface area contributed by atoms with Crippen LogP contribution in [0.4, 0.5) is 0 Å². The molecule has 0 unspecified atom stereocenters. The Bertz CT molecular complexity index is 157. The van der Waals surface area contributed by atoms with Gasteiger partial charge in [0.15, 0.2) is 0 Å². The fourth-order valence-corrected chi connectivity index (χ4v) is 2.59. The molecule has 90 valence electrons. The first-order chi connectivity index (χ1) is 7.77. The molecule has 0 N–H and O–H groups in total. The zero-order valence-electron chi connectivity index (χ0n) is 11.4. The molecular weight excluding hydrogens is 223 g/mol. The number of unbranched alkanes of at least 4 members (excludes halogenated alkanes) is 10. The number of rotatable bonds is 12. The van der Waals surface area contributed by atoms with Crippen LogP contribution in [0, 0.1) is 0 Å². The van der Waals surface area contributed by atoms with Crippen LogP contribution in [0.15, 0.2) is 0 Å². The van der Waals surface area contributed by atoms with E-state index in [4.69, 9.17) is 0 Å². The van der Waals surface area contributed by atoms with Crippen molar-refractivity contribution in [1.82, 2.24) is 0 Å². The molecule has 0 atom stereocenters. The third-order valence-corrected chi connectivity index (χ3v) is 3.91. The molecule has 0 aliphatic rings. The van der Waals surface area contributed by atoms with Gasteiger partial charge in [-0.15, -0.1) is 0 Å². The van der Waals surface area contributed by atoms with Crippen LogP contribution in [0.2, 0.25) is 0 Å². The van der Waals surface area contributed by atoms with Gasteiger partial charge >= 0.3 is 124 Å². The van der Waals surface area contributed by atoms with Gasteiger partial charge in [-0.1, -0.05) is 13.3 Å². The number of hydrogen-bond donors (Lipinski definition) is 0. The van der Waals surface area contributed by atoms with Crippen molar-refractivity contribution in [2.75, 3.05) is 0 Å². The molecule has 0 aromatic carbocycles. The molecule has 0 fully saturated rings. The van der Waals surface area contributed by atoms with Crippen LogP contribution in [0.5, 0.6) is 0 Å². The van der Waals surface area contributed by atoms with Gasteiger partial charge in [-0.3, -0.25) is 0 Å². The normalized spacial score (nSPS) is 10.7. The third kappa shape index (κ3) is 15.3. The van der Waals surface area contributed by atoms with E-state index in [-0.39, 0.29) is 0 Å². The van der Waals surface area contributed by atoms with Gasteiger partial charge < -0.3 is 0 Å². The fourth-order valence-electron chi connectivity index (χ4n) is 2.04. The molecule has 0 aromatic heterocycles. The predicted octanol–water partition coefficient (Wildman–Crippen LogP) is 4.38. The summed E-state index contributed by atoms with van der Waals surface area (Å²) >= 11 is 0.422. The van der Waals surface area contributed by atoms with E-state index in [1.807, 2.05) is 0 Å². The second-order valence-electron chi connectivity index (χ2n) is 4.99.